The fourth-order valence-corrected chi connectivity index (χ4v) is 1.90. The number of methoxy groups -OCH3 is 2. The summed E-state index contributed by atoms with van der Waals surface area (Å²) in [6.45, 7) is -0.0646. The quantitative estimate of drug-likeness (QED) is 0.683. The minimum atomic E-state index is -0.752. The van der Waals surface area contributed by atoms with Crippen molar-refractivity contribution in [2.24, 2.45) is 5.73 Å². The summed E-state index contributed by atoms with van der Waals surface area (Å²) in [6.07, 6.45) is 1.20. The number of amides is 1. The van der Waals surface area contributed by atoms with Crippen LogP contribution in [0.3, 0.4) is 0 Å². The summed E-state index contributed by atoms with van der Waals surface area (Å²) in [5, 5.41) is 11.7. The van der Waals surface area contributed by atoms with Crippen molar-refractivity contribution in [3.05, 3.63) is 41.6 Å². The van der Waals surface area contributed by atoms with E-state index in [-0.39, 0.29) is 24.7 Å². The van der Waals surface area contributed by atoms with E-state index in [1.54, 1.807) is 32.4 Å². The van der Waals surface area contributed by atoms with Crippen LogP contribution in [0.5, 0.6) is 11.5 Å². The second kappa shape index (κ2) is 7.61. The van der Waals surface area contributed by atoms with Gasteiger partial charge in [-0.05, 0) is 12.1 Å². The van der Waals surface area contributed by atoms with Crippen LogP contribution in [-0.4, -0.2) is 36.8 Å². The van der Waals surface area contributed by atoms with Gasteiger partial charge in [-0.1, -0.05) is 0 Å². The van der Waals surface area contributed by atoms with Gasteiger partial charge in [0.15, 0.2) is 5.69 Å². The van der Waals surface area contributed by atoms with Gasteiger partial charge < -0.3 is 30.0 Å². The maximum absolute atomic E-state index is 12.1. The first-order valence-electron chi connectivity index (χ1n) is 6.90. The zero-order valence-corrected chi connectivity index (χ0v) is 12.9. The molecule has 0 aliphatic rings. The molecule has 1 aromatic heterocycles. The highest BCUT2D eigenvalue weighted by Gasteiger charge is 2.16. The van der Waals surface area contributed by atoms with Gasteiger partial charge in [0.25, 0.3) is 5.91 Å². The fraction of sp³-hybridized carbons (Fsp3) is 0.333. The lowest BCUT2D eigenvalue weighted by Gasteiger charge is -2.10. The van der Waals surface area contributed by atoms with E-state index in [2.05, 4.69) is 10.3 Å². The number of aromatic nitrogens is 1. The predicted octanol–water partition coefficient (Wildman–Crippen LogP) is 0.614. The lowest BCUT2D eigenvalue weighted by Crippen LogP contribution is -2.24. The number of nitrogens with two attached hydrogens (primary N) is 1. The SMILES string of the molecule is COc1ccc(CNC(=O)c2coc(C(N)CO)n2)c(OC)c1. The number of benzene rings is 1. The first-order chi connectivity index (χ1) is 11.1. The number of aliphatic hydroxyl groups excluding tert-OH is 1. The third-order valence-electron chi connectivity index (χ3n) is 3.20. The van der Waals surface area contributed by atoms with E-state index in [1.165, 1.54) is 6.26 Å². The van der Waals surface area contributed by atoms with Crippen molar-refractivity contribution in [2.75, 3.05) is 20.8 Å². The Kier molecular flexibility index (Phi) is 5.56. The Bertz CT molecular complexity index is 671. The number of nitrogens with one attached hydrogen (secondary N) is 1. The number of carbonyl (C=O) groups is 1. The number of ether oxygens (including phenoxy) is 2. The van der Waals surface area contributed by atoms with E-state index in [1.807, 2.05) is 0 Å². The monoisotopic (exact) mass is 321 g/mol. The molecule has 23 heavy (non-hydrogen) atoms. The summed E-state index contributed by atoms with van der Waals surface area (Å²) in [7, 11) is 3.11. The minimum absolute atomic E-state index is 0.0939. The maximum Gasteiger partial charge on any atom is 0.273 e. The predicted molar refractivity (Wildman–Crippen MR) is 81.2 cm³/mol. The van der Waals surface area contributed by atoms with Crippen LogP contribution in [0.25, 0.3) is 0 Å². The third-order valence-corrected chi connectivity index (χ3v) is 3.20. The van der Waals surface area contributed by atoms with Crippen LogP contribution in [0, 0.1) is 0 Å². The summed E-state index contributed by atoms with van der Waals surface area (Å²) in [6, 6.07) is 4.56. The van der Waals surface area contributed by atoms with Crippen LogP contribution in [0.1, 0.15) is 28.0 Å². The van der Waals surface area contributed by atoms with E-state index in [0.717, 1.165) is 5.56 Å². The highest BCUT2D eigenvalue weighted by Crippen LogP contribution is 2.24. The first kappa shape index (κ1) is 16.8. The van der Waals surface area contributed by atoms with Gasteiger partial charge in [-0.15, -0.1) is 0 Å². The smallest absolute Gasteiger partial charge is 0.273 e. The Morgan fingerprint density at radius 3 is 2.87 bits per heavy atom. The number of carbonyl (C=O) groups excluding carboxylic acids is 1. The molecule has 0 bridgehead atoms. The van der Waals surface area contributed by atoms with Gasteiger partial charge in [0, 0.05) is 18.2 Å². The Labute approximate surface area is 133 Å². The van der Waals surface area contributed by atoms with Gasteiger partial charge >= 0.3 is 0 Å². The van der Waals surface area contributed by atoms with Gasteiger partial charge in [-0.3, -0.25) is 4.79 Å². The molecule has 0 aliphatic carbocycles. The van der Waals surface area contributed by atoms with Gasteiger partial charge in [0.1, 0.15) is 23.8 Å². The van der Waals surface area contributed by atoms with Crippen molar-refractivity contribution in [2.45, 2.75) is 12.6 Å². The molecule has 0 saturated heterocycles. The molecule has 0 spiro atoms. The van der Waals surface area contributed by atoms with E-state index in [9.17, 15) is 4.79 Å². The van der Waals surface area contributed by atoms with Crippen molar-refractivity contribution in [3.8, 4) is 11.5 Å². The summed E-state index contributed by atoms with van der Waals surface area (Å²) in [4.78, 5) is 16.0. The zero-order valence-electron chi connectivity index (χ0n) is 12.9. The minimum Gasteiger partial charge on any atom is -0.497 e. The highest BCUT2D eigenvalue weighted by atomic mass is 16.5. The standard InChI is InChI=1S/C15H19N3O5/c1-21-10-4-3-9(13(5-10)22-2)6-17-14(20)12-8-23-15(18-12)11(16)7-19/h3-5,8,11,19H,6-7,16H2,1-2H3,(H,17,20). The molecule has 8 heteroatoms. The molecule has 0 saturated carbocycles. The molecule has 1 unspecified atom stereocenters. The molecule has 1 atom stereocenters. The molecule has 1 heterocycles. The first-order valence-corrected chi connectivity index (χ1v) is 6.90. The maximum atomic E-state index is 12.1. The number of rotatable bonds is 7. The number of hydrogen-bond donors (Lipinski definition) is 3. The largest absolute Gasteiger partial charge is 0.497 e. The third kappa shape index (κ3) is 3.99. The number of nitrogens with zero attached hydrogens (tertiary/aromatic N) is 1. The molecule has 1 amide bonds. The molecule has 1 aromatic carbocycles. The fourth-order valence-electron chi connectivity index (χ4n) is 1.90. The van der Waals surface area contributed by atoms with Crippen molar-refractivity contribution in [3.63, 3.8) is 0 Å². The van der Waals surface area contributed by atoms with Crippen molar-refractivity contribution < 1.29 is 23.8 Å². The Morgan fingerprint density at radius 1 is 1.43 bits per heavy atom. The lowest BCUT2D eigenvalue weighted by molar-refractivity contribution is 0.0945. The topological polar surface area (TPSA) is 120 Å². The second-order valence-corrected chi connectivity index (χ2v) is 4.72. The molecule has 0 aliphatic heterocycles. The van der Waals surface area contributed by atoms with Crippen LogP contribution in [-0.2, 0) is 6.54 Å². The molecular formula is C15H19N3O5. The average Bonchev–Trinajstić information content (AvgIpc) is 3.08. The second-order valence-electron chi connectivity index (χ2n) is 4.72. The highest BCUT2D eigenvalue weighted by molar-refractivity contribution is 5.91. The lowest BCUT2D eigenvalue weighted by atomic mass is 10.2. The average molecular weight is 321 g/mol. The molecule has 2 rings (SSSR count). The number of oxazole rings is 1. The summed E-state index contributed by atoms with van der Waals surface area (Å²) >= 11 is 0. The summed E-state index contributed by atoms with van der Waals surface area (Å²) in [5.41, 5.74) is 6.45. The summed E-state index contributed by atoms with van der Waals surface area (Å²) < 4.78 is 15.5. The Morgan fingerprint density at radius 2 is 2.22 bits per heavy atom. The number of hydrogen-bond acceptors (Lipinski definition) is 7. The molecular weight excluding hydrogens is 302 g/mol. The normalized spacial score (nSPS) is 11.8. The molecule has 2 aromatic rings. The molecule has 124 valence electrons. The van der Waals surface area contributed by atoms with E-state index < -0.39 is 11.9 Å². The van der Waals surface area contributed by atoms with E-state index in [4.69, 9.17) is 24.7 Å². The van der Waals surface area contributed by atoms with Crippen molar-refractivity contribution >= 4 is 5.91 Å². The van der Waals surface area contributed by atoms with Gasteiger partial charge in [0.2, 0.25) is 5.89 Å². The van der Waals surface area contributed by atoms with Gasteiger partial charge in [0.05, 0.1) is 20.8 Å². The summed E-state index contributed by atoms with van der Waals surface area (Å²) in [5.74, 6) is 0.964. The van der Waals surface area contributed by atoms with Crippen LogP contribution in [0.15, 0.2) is 28.9 Å². The van der Waals surface area contributed by atoms with Crippen LogP contribution in [0.4, 0.5) is 0 Å². The van der Waals surface area contributed by atoms with Crippen LogP contribution in [0.2, 0.25) is 0 Å². The van der Waals surface area contributed by atoms with E-state index in [0.29, 0.717) is 11.5 Å². The van der Waals surface area contributed by atoms with Crippen molar-refractivity contribution in [1.82, 2.24) is 10.3 Å². The van der Waals surface area contributed by atoms with Crippen molar-refractivity contribution in [1.29, 1.82) is 0 Å². The van der Waals surface area contributed by atoms with Crippen LogP contribution < -0.4 is 20.5 Å². The Balaban J connectivity index is 2.03. The van der Waals surface area contributed by atoms with Crippen LogP contribution >= 0.6 is 0 Å². The zero-order chi connectivity index (χ0) is 16.8. The number of aliphatic hydroxyl groups is 1. The molecule has 0 fully saturated rings. The Hall–Kier alpha value is -2.58. The van der Waals surface area contributed by atoms with E-state index >= 15 is 0 Å². The van der Waals surface area contributed by atoms with Gasteiger partial charge in [-0.2, -0.15) is 0 Å². The molecule has 8 nitrogen and oxygen atoms in total. The molecule has 4 N–H and O–H groups in total. The van der Waals surface area contributed by atoms with Gasteiger partial charge in [-0.25, -0.2) is 4.98 Å². The molecule has 0 radical (unpaired) electrons.